The second-order valence-corrected chi connectivity index (χ2v) is 5.96. The summed E-state index contributed by atoms with van der Waals surface area (Å²) in [5, 5.41) is 12.8. The number of carbonyl (C=O) groups is 1. The minimum absolute atomic E-state index is 0.0373. The van der Waals surface area contributed by atoms with E-state index in [9.17, 15) is 4.79 Å². The topological polar surface area (TPSA) is 63.9 Å². The molecule has 1 saturated heterocycles. The highest BCUT2D eigenvalue weighted by atomic mass is 35.5. The summed E-state index contributed by atoms with van der Waals surface area (Å²) in [7, 11) is 0. The zero-order valence-electron chi connectivity index (χ0n) is 12.4. The number of halogens is 1. The van der Waals surface area contributed by atoms with Gasteiger partial charge in [0.1, 0.15) is 6.54 Å². The Labute approximate surface area is 134 Å². The molecule has 7 heteroatoms. The van der Waals surface area contributed by atoms with E-state index in [1.807, 2.05) is 23.1 Å². The standard InChI is InChI=1S/C15H18ClN5O/c1-11-6-4-5-9-20(11)14(22)10-21-18-15(17-19-21)12-7-2-3-8-13(12)16/h2-3,7-8,11H,4-6,9-10H2,1H3. The normalized spacial score (nSPS) is 18.5. The molecule has 1 aromatic heterocycles. The van der Waals surface area contributed by atoms with Crippen molar-refractivity contribution in [3.05, 3.63) is 29.3 Å². The van der Waals surface area contributed by atoms with Crippen LogP contribution in [0, 0.1) is 0 Å². The first-order valence-electron chi connectivity index (χ1n) is 7.47. The van der Waals surface area contributed by atoms with Crippen molar-refractivity contribution in [2.24, 2.45) is 0 Å². The third-order valence-electron chi connectivity index (χ3n) is 3.97. The Kier molecular flexibility index (Phi) is 4.38. The molecular formula is C15H18ClN5O. The van der Waals surface area contributed by atoms with Gasteiger partial charge >= 0.3 is 0 Å². The number of amides is 1. The quantitative estimate of drug-likeness (QED) is 0.871. The molecule has 0 N–H and O–H groups in total. The van der Waals surface area contributed by atoms with Crippen LogP contribution >= 0.6 is 11.6 Å². The first kappa shape index (κ1) is 15.0. The number of benzene rings is 1. The molecule has 1 aliphatic heterocycles. The van der Waals surface area contributed by atoms with Crippen LogP contribution in [0.5, 0.6) is 0 Å². The molecule has 2 aromatic rings. The largest absolute Gasteiger partial charge is 0.338 e. The summed E-state index contributed by atoms with van der Waals surface area (Å²) < 4.78 is 0. The van der Waals surface area contributed by atoms with Gasteiger partial charge in [-0.1, -0.05) is 23.7 Å². The number of carbonyl (C=O) groups excluding carboxylic acids is 1. The predicted molar refractivity (Wildman–Crippen MR) is 83.3 cm³/mol. The average molecular weight is 320 g/mol. The van der Waals surface area contributed by atoms with Crippen molar-refractivity contribution in [3.8, 4) is 11.4 Å². The lowest BCUT2D eigenvalue weighted by atomic mass is 10.0. The van der Waals surface area contributed by atoms with Crippen LogP contribution in [0.15, 0.2) is 24.3 Å². The van der Waals surface area contributed by atoms with Crippen LogP contribution in [-0.2, 0) is 11.3 Å². The van der Waals surface area contributed by atoms with Crippen molar-refractivity contribution < 1.29 is 4.79 Å². The maximum absolute atomic E-state index is 12.4. The minimum atomic E-state index is 0.0373. The Morgan fingerprint density at radius 3 is 2.95 bits per heavy atom. The number of rotatable bonds is 3. The number of nitrogens with zero attached hydrogens (tertiary/aromatic N) is 5. The molecule has 1 aromatic carbocycles. The van der Waals surface area contributed by atoms with Gasteiger partial charge in [0.25, 0.3) is 0 Å². The number of tetrazole rings is 1. The predicted octanol–water partition coefficient (Wildman–Crippen LogP) is 2.39. The summed E-state index contributed by atoms with van der Waals surface area (Å²) in [4.78, 5) is 15.6. The van der Waals surface area contributed by atoms with Gasteiger partial charge in [-0.15, -0.1) is 10.2 Å². The molecule has 2 heterocycles. The van der Waals surface area contributed by atoms with Gasteiger partial charge in [-0.3, -0.25) is 4.79 Å². The number of aromatic nitrogens is 4. The minimum Gasteiger partial charge on any atom is -0.338 e. The Morgan fingerprint density at radius 1 is 1.36 bits per heavy atom. The average Bonchev–Trinajstić information content (AvgIpc) is 2.96. The second kappa shape index (κ2) is 6.44. The molecule has 1 aliphatic rings. The van der Waals surface area contributed by atoms with E-state index in [-0.39, 0.29) is 18.5 Å². The fourth-order valence-electron chi connectivity index (χ4n) is 2.74. The van der Waals surface area contributed by atoms with Gasteiger partial charge in [0.05, 0.1) is 5.02 Å². The smallest absolute Gasteiger partial charge is 0.246 e. The molecule has 0 radical (unpaired) electrons. The SMILES string of the molecule is CC1CCCCN1C(=O)Cn1nnc(-c2ccccc2Cl)n1. The van der Waals surface area contributed by atoms with Gasteiger partial charge < -0.3 is 4.90 Å². The first-order chi connectivity index (χ1) is 10.6. The lowest BCUT2D eigenvalue weighted by Crippen LogP contribution is -2.43. The van der Waals surface area contributed by atoms with Gasteiger partial charge in [0.2, 0.25) is 11.7 Å². The third kappa shape index (κ3) is 3.11. The monoisotopic (exact) mass is 319 g/mol. The molecule has 116 valence electrons. The van der Waals surface area contributed by atoms with Gasteiger partial charge in [-0.05, 0) is 43.5 Å². The van der Waals surface area contributed by atoms with Crippen LogP contribution in [0.4, 0.5) is 0 Å². The van der Waals surface area contributed by atoms with Crippen LogP contribution in [-0.4, -0.2) is 43.6 Å². The number of hydrogen-bond donors (Lipinski definition) is 0. The molecular weight excluding hydrogens is 302 g/mol. The summed E-state index contributed by atoms with van der Waals surface area (Å²) in [6, 6.07) is 7.60. The molecule has 1 amide bonds. The number of piperidine rings is 1. The Bertz CT molecular complexity index is 671. The molecule has 0 aliphatic carbocycles. The van der Waals surface area contributed by atoms with E-state index in [0.29, 0.717) is 16.4 Å². The zero-order valence-corrected chi connectivity index (χ0v) is 13.2. The summed E-state index contributed by atoms with van der Waals surface area (Å²) in [6.45, 7) is 3.01. The molecule has 0 bridgehead atoms. The van der Waals surface area contributed by atoms with Crippen LogP contribution < -0.4 is 0 Å². The van der Waals surface area contributed by atoms with E-state index < -0.39 is 0 Å². The van der Waals surface area contributed by atoms with Crippen molar-refractivity contribution >= 4 is 17.5 Å². The van der Waals surface area contributed by atoms with E-state index >= 15 is 0 Å². The van der Waals surface area contributed by atoms with Crippen LogP contribution in [0.25, 0.3) is 11.4 Å². The first-order valence-corrected chi connectivity index (χ1v) is 7.85. The van der Waals surface area contributed by atoms with Crippen molar-refractivity contribution in [2.75, 3.05) is 6.54 Å². The Balaban J connectivity index is 1.72. The van der Waals surface area contributed by atoms with Crippen LogP contribution in [0.2, 0.25) is 5.02 Å². The van der Waals surface area contributed by atoms with Gasteiger partial charge in [0.15, 0.2) is 0 Å². The van der Waals surface area contributed by atoms with E-state index in [2.05, 4.69) is 22.3 Å². The fourth-order valence-corrected chi connectivity index (χ4v) is 2.96. The van der Waals surface area contributed by atoms with E-state index in [0.717, 1.165) is 19.4 Å². The molecule has 22 heavy (non-hydrogen) atoms. The summed E-state index contributed by atoms with van der Waals surface area (Å²) in [5.74, 6) is 0.473. The summed E-state index contributed by atoms with van der Waals surface area (Å²) >= 11 is 6.12. The second-order valence-electron chi connectivity index (χ2n) is 5.56. The van der Waals surface area contributed by atoms with Crippen molar-refractivity contribution in [1.82, 2.24) is 25.1 Å². The Morgan fingerprint density at radius 2 is 2.18 bits per heavy atom. The van der Waals surface area contributed by atoms with Gasteiger partial charge in [0, 0.05) is 18.2 Å². The highest BCUT2D eigenvalue weighted by Crippen LogP contribution is 2.23. The highest BCUT2D eigenvalue weighted by Gasteiger charge is 2.24. The van der Waals surface area contributed by atoms with Crippen molar-refractivity contribution in [1.29, 1.82) is 0 Å². The molecule has 1 fully saturated rings. The van der Waals surface area contributed by atoms with Crippen molar-refractivity contribution in [3.63, 3.8) is 0 Å². The Hall–Kier alpha value is -1.95. The lowest BCUT2D eigenvalue weighted by molar-refractivity contribution is -0.135. The van der Waals surface area contributed by atoms with E-state index in [4.69, 9.17) is 11.6 Å². The maximum Gasteiger partial charge on any atom is 0.246 e. The lowest BCUT2D eigenvalue weighted by Gasteiger charge is -2.33. The number of likely N-dealkylation sites (tertiary alicyclic amines) is 1. The summed E-state index contributed by atoms with van der Waals surface area (Å²) in [5.41, 5.74) is 0.717. The fraction of sp³-hybridized carbons (Fsp3) is 0.467. The maximum atomic E-state index is 12.4. The van der Waals surface area contributed by atoms with Crippen LogP contribution in [0.3, 0.4) is 0 Å². The summed E-state index contributed by atoms with van der Waals surface area (Å²) in [6.07, 6.45) is 3.30. The molecule has 6 nitrogen and oxygen atoms in total. The zero-order chi connectivity index (χ0) is 15.5. The highest BCUT2D eigenvalue weighted by molar-refractivity contribution is 6.33. The molecule has 3 rings (SSSR count). The third-order valence-corrected chi connectivity index (χ3v) is 4.30. The van der Waals surface area contributed by atoms with Gasteiger partial charge in [-0.25, -0.2) is 0 Å². The van der Waals surface area contributed by atoms with Gasteiger partial charge in [-0.2, -0.15) is 4.80 Å². The molecule has 1 unspecified atom stereocenters. The molecule has 0 spiro atoms. The molecule has 0 saturated carbocycles. The number of hydrogen-bond acceptors (Lipinski definition) is 4. The van der Waals surface area contributed by atoms with E-state index in [1.165, 1.54) is 11.2 Å². The molecule has 1 atom stereocenters. The van der Waals surface area contributed by atoms with E-state index in [1.54, 1.807) is 6.07 Å². The van der Waals surface area contributed by atoms with Crippen molar-refractivity contribution in [2.45, 2.75) is 38.8 Å². The van der Waals surface area contributed by atoms with Crippen LogP contribution in [0.1, 0.15) is 26.2 Å².